The molecular weight excluding hydrogens is 316 g/mol. The number of sulfonamides is 1. The SMILES string of the molecule is C=CC(CC(=O)NS(=O)(=O)c1c(C)noc1C)c1ccccc1. The van der Waals surface area contributed by atoms with Crippen LogP contribution in [0.5, 0.6) is 0 Å². The summed E-state index contributed by atoms with van der Waals surface area (Å²) < 4.78 is 31.5. The first-order chi connectivity index (χ1) is 10.8. The molecule has 1 aromatic heterocycles. The molecule has 0 saturated carbocycles. The second-order valence-corrected chi connectivity index (χ2v) is 6.76. The van der Waals surface area contributed by atoms with E-state index in [4.69, 9.17) is 4.52 Å². The Hall–Kier alpha value is -2.41. The number of amides is 1. The number of hydrogen-bond acceptors (Lipinski definition) is 5. The molecule has 0 spiro atoms. The van der Waals surface area contributed by atoms with E-state index in [0.29, 0.717) is 0 Å². The van der Waals surface area contributed by atoms with Crippen LogP contribution < -0.4 is 4.72 Å². The van der Waals surface area contributed by atoms with Crippen LogP contribution in [-0.4, -0.2) is 19.5 Å². The third-order valence-electron chi connectivity index (χ3n) is 3.40. The predicted octanol–water partition coefficient (Wildman–Crippen LogP) is 2.46. The van der Waals surface area contributed by atoms with E-state index in [9.17, 15) is 13.2 Å². The molecular formula is C16H18N2O4S. The zero-order valence-electron chi connectivity index (χ0n) is 12.9. The molecule has 7 heteroatoms. The summed E-state index contributed by atoms with van der Waals surface area (Å²) in [6.45, 7) is 6.70. The second-order valence-electron chi connectivity index (χ2n) is 5.14. The minimum absolute atomic E-state index is 0.0177. The molecule has 0 radical (unpaired) electrons. The zero-order chi connectivity index (χ0) is 17.0. The van der Waals surface area contributed by atoms with Gasteiger partial charge < -0.3 is 4.52 Å². The van der Waals surface area contributed by atoms with Crippen LogP contribution in [0.15, 0.2) is 52.4 Å². The van der Waals surface area contributed by atoms with Crippen LogP contribution in [0.25, 0.3) is 0 Å². The van der Waals surface area contributed by atoms with Crippen molar-refractivity contribution in [3.63, 3.8) is 0 Å². The van der Waals surface area contributed by atoms with E-state index < -0.39 is 15.9 Å². The summed E-state index contributed by atoms with van der Waals surface area (Å²) in [5, 5.41) is 3.59. The molecule has 6 nitrogen and oxygen atoms in total. The average molecular weight is 334 g/mol. The van der Waals surface area contributed by atoms with Crippen molar-refractivity contribution in [1.29, 1.82) is 0 Å². The second kappa shape index (κ2) is 6.78. The van der Waals surface area contributed by atoms with Crippen LogP contribution in [0, 0.1) is 13.8 Å². The van der Waals surface area contributed by atoms with E-state index in [-0.39, 0.29) is 28.7 Å². The van der Waals surface area contributed by atoms with Crippen molar-refractivity contribution in [1.82, 2.24) is 9.88 Å². The lowest BCUT2D eigenvalue weighted by Gasteiger charge is -2.13. The van der Waals surface area contributed by atoms with Crippen LogP contribution in [0.3, 0.4) is 0 Å². The van der Waals surface area contributed by atoms with Gasteiger partial charge in [0.2, 0.25) is 5.91 Å². The van der Waals surface area contributed by atoms with Crippen LogP contribution in [0.4, 0.5) is 0 Å². The molecule has 0 fully saturated rings. The van der Waals surface area contributed by atoms with E-state index >= 15 is 0 Å². The zero-order valence-corrected chi connectivity index (χ0v) is 13.8. The predicted molar refractivity (Wildman–Crippen MR) is 85.3 cm³/mol. The van der Waals surface area contributed by atoms with E-state index in [0.717, 1.165) is 5.56 Å². The van der Waals surface area contributed by atoms with Crippen molar-refractivity contribution in [2.24, 2.45) is 0 Å². The monoisotopic (exact) mass is 334 g/mol. The third kappa shape index (κ3) is 3.87. The fraction of sp³-hybridized carbons (Fsp3) is 0.250. The minimum atomic E-state index is -4.00. The van der Waals surface area contributed by atoms with Crippen LogP contribution in [0.1, 0.15) is 29.4 Å². The molecule has 0 aliphatic carbocycles. The number of carbonyl (C=O) groups excluding carboxylic acids is 1. The standard InChI is InChI=1S/C16H18N2O4S/c1-4-13(14-8-6-5-7-9-14)10-15(19)18-23(20,21)16-11(2)17-22-12(16)3/h4-9,13H,1,10H2,2-3H3,(H,18,19). The van der Waals surface area contributed by atoms with Gasteiger partial charge in [-0.3, -0.25) is 4.79 Å². The highest BCUT2D eigenvalue weighted by molar-refractivity contribution is 7.90. The number of carbonyl (C=O) groups is 1. The quantitative estimate of drug-likeness (QED) is 0.820. The molecule has 2 rings (SSSR count). The van der Waals surface area contributed by atoms with Gasteiger partial charge in [0.25, 0.3) is 10.0 Å². The number of benzene rings is 1. The van der Waals surface area contributed by atoms with Crippen molar-refractivity contribution in [2.45, 2.75) is 31.1 Å². The number of nitrogens with one attached hydrogen (secondary N) is 1. The topological polar surface area (TPSA) is 89.3 Å². The van der Waals surface area contributed by atoms with Gasteiger partial charge in [-0.25, -0.2) is 13.1 Å². The number of aryl methyl sites for hydroxylation is 2. The summed E-state index contributed by atoms with van der Waals surface area (Å²) in [6, 6.07) is 9.30. The lowest BCUT2D eigenvalue weighted by atomic mass is 9.96. The van der Waals surface area contributed by atoms with Crippen molar-refractivity contribution in [3.05, 3.63) is 60.0 Å². The summed E-state index contributed by atoms with van der Waals surface area (Å²) in [5.74, 6) is -0.735. The molecule has 1 amide bonds. The van der Waals surface area contributed by atoms with E-state index in [1.165, 1.54) is 13.8 Å². The van der Waals surface area contributed by atoms with E-state index in [2.05, 4.69) is 16.5 Å². The molecule has 0 saturated heterocycles. The molecule has 0 aliphatic rings. The van der Waals surface area contributed by atoms with Gasteiger partial charge in [-0.15, -0.1) is 6.58 Å². The van der Waals surface area contributed by atoms with Crippen LogP contribution >= 0.6 is 0 Å². The Morgan fingerprint density at radius 3 is 2.52 bits per heavy atom. The molecule has 2 aromatic rings. The molecule has 1 unspecified atom stereocenters. The number of rotatable bonds is 6. The normalized spacial score (nSPS) is 12.6. The molecule has 23 heavy (non-hydrogen) atoms. The lowest BCUT2D eigenvalue weighted by molar-refractivity contribution is -0.119. The average Bonchev–Trinajstić information content (AvgIpc) is 2.85. The highest BCUT2D eigenvalue weighted by Crippen LogP contribution is 2.22. The molecule has 1 heterocycles. The minimum Gasteiger partial charge on any atom is -0.360 e. The number of allylic oxidation sites excluding steroid dienone is 1. The van der Waals surface area contributed by atoms with Gasteiger partial charge in [-0.1, -0.05) is 41.6 Å². The van der Waals surface area contributed by atoms with Crippen molar-refractivity contribution in [3.8, 4) is 0 Å². The van der Waals surface area contributed by atoms with E-state index in [1.807, 2.05) is 30.3 Å². The van der Waals surface area contributed by atoms with Crippen LogP contribution in [-0.2, 0) is 14.8 Å². The van der Waals surface area contributed by atoms with Crippen molar-refractivity contribution < 1.29 is 17.7 Å². The van der Waals surface area contributed by atoms with E-state index in [1.54, 1.807) is 6.08 Å². The molecule has 1 N–H and O–H groups in total. The number of aromatic nitrogens is 1. The highest BCUT2D eigenvalue weighted by atomic mass is 32.2. The Balaban J connectivity index is 2.14. The summed E-state index contributed by atoms with van der Waals surface area (Å²) in [4.78, 5) is 12.0. The fourth-order valence-electron chi connectivity index (χ4n) is 2.34. The number of nitrogens with zero attached hydrogens (tertiary/aromatic N) is 1. The Kier molecular flexibility index (Phi) is 5.00. The number of hydrogen-bond donors (Lipinski definition) is 1. The maximum Gasteiger partial charge on any atom is 0.269 e. The third-order valence-corrected chi connectivity index (χ3v) is 5.02. The maximum absolute atomic E-state index is 12.3. The van der Waals surface area contributed by atoms with Gasteiger partial charge in [-0.05, 0) is 19.4 Å². The summed E-state index contributed by atoms with van der Waals surface area (Å²) in [6.07, 6.45) is 1.60. The van der Waals surface area contributed by atoms with Gasteiger partial charge >= 0.3 is 0 Å². The first-order valence-electron chi connectivity index (χ1n) is 7.01. The fourth-order valence-corrected chi connectivity index (χ4v) is 3.67. The Morgan fingerprint density at radius 2 is 2.00 bits per heavy atom. The molecule has 122 valence electrons. The first-order valence-corrected chi connectivity index (χ1v) is 8.49. The first kappa shape index (κ1) is 17.0. The summed E-state index contributed by atoms with van der Waals surface area (Å²) in [5.41, 5.74) is 1.11. The van der Waals surface area contributed by atoms with Gasteiger partial charge in [0, 0.05) is 12.3 Å². The summed E-state index contributed by atoms with van der Waals surface area (Å²) in [7, 11) is -4.00. The Labute approximate surface area is 135 Å². The maximum atomic E-state index is 12.3. The smallest absolute Gasteiger partial charge is 0.269 e. The van der Waals surface area contributed by atoms with Gasteiger partial charge in [0.1, 0.15) is 5.69 Å². The van der Waals surface area contributed by atoms with Gasteiger partial charge in [-0.2, -0.15) is 0 Å². The molecule has 1 atom stereocenters. The van der Waals surface area contributed by atoms with Crippen molar-refractivity contribution in [2.75, 3.05) is 0 Å². The highest BCUT2D eigenvalue weighted by Gasteiger charge is 2.26. The van der Waals surface area contributed by atoms with Gasteiger partial charge in [0.15, 0.2) is 10.7 Å². The largest absolute Gasteiger partial charge is 0.360 e. The molecule has 0 bridgehead atoms. The molecule has 0 aliphatic heterocycles. The van der Waals surface area contributed by atoms with Gasteiger partial charge in [0.05, 0.1) is 0 Å². The lowest BCUT2D eigenvalue weighted by Crippen LogP contribution is -2.32. The molecule has 1 aromatic carbocycles. The Bertz CT molecular complexity index is 790. The summed E-state index contributed by atoms with van der Waals surface area (Å²) >= 11 is 0. The van der Waals surface area contributed by atoms with Crippen LogP contribution in [0.2, 0.25) is 0 Å². The Morgan fingerprint density at radius 1 is 1.35 bits per heavy atom. The van der Waals surface area contributed by atoms with Crippen molar-refractivity contribution >= 4 is 15.9 Å².